The molecule has 2 atom stereocenters. The summed E-state index contributed by atoms with van der Waals surface area (Å²) < 4.78 is 0. The van der Waals surface area contributed by atoms with Crippen molar-refractivity contribution >= 4 is 5.91 Å². The maximum absolute atomic E-state index is 11.0. The van der Waals surface area contributed by atoms with Gasteiger partial charge in [0, 0.05) is 18.0 Å². The van der Waals surface area contributed by atoms with Gasteiger partial charge in [0.2, 0.25) is 5.91 Å². The number of primary amides is 1. The highest BCUT2D eigenvalue weighted by atomic mass is 16.1. The van der Waals surface area contributed by atoms with Gasteiger partial charge >= 0.3 is 0 Å². The second-order valence-electron chi connectivity index (χ2n) is 4.06. The fourth-order valence-electron chi connectivity index (χ4n) is 2.50. The number of hydrogen-bond donors (Lipinski definition) is 2. The van der Waals surface area contributed by atoms with Crippen molar-refractivity contribution in [3.05, 3.63) is 0 Å². The fourth-order valence-corrected chi connectivity index (χ4v) is 2.50. The van der Waals surface area contributed by atoms with Crippen molar-refractivity contribution in [2.24, 2.45) is 11.7 Å². The van der Waals surface area contributed by atoms with Crippen LogP contribution in [0.4, 0.5) is 0 Å². The van der Waals surface area contributed by atoms with Gasteiger partial charge in [0.1, 0.15) is 0 Å². The van der Waals surface area contributed by atoms with Crippen molar-refractivity contribution < 1.29 is 4.79 Å². The van der Waals surface area contributed by atoms with Crippen molar-refractivity contribution in [2.45, 2.75) is 44.2 Å². The first-order valence-corrected chi connectivity index (χ1v) is 4.81. The third-order valence-electron chi connectivity index (χ3n) is 3.12. The van der Waals surface area contributed by atoms with Gasteiger partial charge in [0.05, 0.1) is 0 Å². The first-order chi connectivity index (χ1) is 5.75. The minimum Gasteiger partial charge on any atom is -0.369 e. The Morgan fingerprint density at radius 3 is 2.33 bits per heavy atom. The van der Waals surface area contributed by atoms with E-state index in [1.165, 1.54) is 19.3 Å². The molecule has 0 aromatic rings. The largest absolute Gasteiger partial charge is 0.369 e. The lowest BCUT2D eigenvalue weighted by Crippen LogP contribution is -2.50. The molecule has 0 spiro atoms. The number of carbonyl (C=O) groups is 1. The van der Waals surface area contributed by atoms with E-state index in [9.17, 15) is 4.79 Å². The number of nitrogens with two attached hydrogens (primary N) is 1. The zero-order chi connectivity index (χ0) is 8.55. The molecule has 2 unspecified atom stereocenters. The van der Waals surface area contributed by atoms with Gasteiger partial charge in [-0.25, -0.2) is 0 Å². The molecule has 2 rings (SSSR count). The Labute approximate surface area is 72.7 Å². The van der Waals surface area contributed by atoms with Crippen LogP contribution in [0.3, 0.4) is 0 Å². The number of hydrogen-bond acceptors (Lipinski definition) is 2. The molecular formula is C9H16N2O. The Kier molecular flexibility index (Phi) is 2.05. The summed E-state index contributed by atoms with van der Waals surface area (Å²) in [6, 6.07) is 1.13. The molecular weight excluding hydrogens is 152 g/mol. The van der Waals surface area contributed by atoms with Gasteiger partial charge in [-0.15, -0.1) is 0 Å². The molecule has 2 aliphatic heterocycles. The molecule has 0 aliphatic carbocycles. The van der Waals surface area contributed by atoms with Gasteiger partial charge in [0.25, 0.3) is 0 Å². The molecule has 0 aromatic carbocycles. The van der Waals surface area contributed by atoms with E-state index in [1.54, 1.807) is 0 Å². The number of nitrogens with one attached hydrogen (secondary N) is 1. The molecule has 2 fully saturated rings. The lowest BCUT2D eigenvalue weighted by atomic mass is 9.80. The standard InChI is InChI=1S/C9H16N2O/c10-9(12)6-4-7-2-1-3-8(5-6)11-7/h6-8,11H,1-5H2,(H2,10,12). The van der Waals surface area contributed by atoms with Gasteiger partial charge in [-0.2, -0.15) is 0 Å². The fraction of sp³-hybridized carbons (Fsp3) is 0.889. The second kappa shape index (κ2) is 3.05. The molecule has 2 heterocycles. The Balaban J connectivity index is 2.00. The third-order valence-corrected chi connectivity index (χ3v) is 3.12. The van der Waals surface area contributed by atoms with Crippen LogP contribution in [0.25, 0.3) is 0 Å². The molecule has 12 heavy (non-hydrogen) atoms. The summed E-state index contributed by atoms with van der Waals surface area (Å²) in [5.41, 5.74) is 5.30. The second-order valence-corrected chi connectivity index (χ2v) is 4.06. The average molecular weight is 168 g/mol. The van der Waals surface area contributed by atoms with Gasteiger partial charge in [-0.05, 0) is 25.7 Å². The minimum absolute atomic E-state index is 0.103. The van der Waals surface area contributed by atoms with Crippen molar-refractivity contribution in [3.8, 4) is 0 Å². The van der Waals surface area contributed by atoms with Gasteiger partial charge in [-0.1, -0.05) is 6.42 Å². The maximum atomic E-state index is 11.0. The van der Waals surface area contributed by atoms with E-state index in [-0.39, 0.29) is 11.8 Å². The van der Waals surface area contributed by atoms with Crippen LogP contribution in [0.2, 0.25) is 0 Å². The summed E-state index contributed by atoms with van der Waals surface area (Å²) in [5.74, 6) is 0.0370. The summed E-state index contributed by atoms with van der Waals surface area (Å²) in [7, 11) is 0. The SMILES string of the molecule is NC(=O)C1CC2CCCC(C1)N2. The van der Waals surface area contributed by atoms with Gasteiger partial charge in [0.15, 0.2) is 0 Å². The number of fused-ring (bicyclic) bond motifs is 2. The highest BCUT2D eigenvalue weighted by Crippen LogP contribution is 2.29. The van der Waals surface area contributed by atoms with Crippen molar-refractivity contribution in [3.63, 3.8) is 0 Å². The molecule has 3 N–H and O–H groups in total. The monoisotopic (exact) mass is 168 g/mol. The number of piperidine rings is 2. The third kappa shape index (κ3) is 1.46. The van der Waals surface area contributed by atoms with E-state index in [0.717, 1.165) is 12.8 Å². The Morgan fingerprint density at radius 2 is 1.83 bits per heavy atom. The molecule has 1 amide bonds. The highest BCUT2D eigenvalue weighted by Gasteiger charge is 2.33. The first-order valence-electron chi connectivity index (χ1n) is 4.81. The minimum atomic E-state index is -0.103. The molecule has 3 nitrogen and oxygen atoms in total. The van der Waals surface area contributed by atoms with E-state index in [0.29, 0.717) is 12.1 Å². The Morgan fingerprint density at radius 1 is 1.25 bits per heavy atom. The topological polar surface area (TPSA) is 55.1 Å². The lowest BCUT2D eigenvalue weighted by molar-refractivity contribution is -0.123. The molecule has 3 heteroatoms. The number of amides is 1. The van der Waals surface area contributed by atoms with E-state index in [2.05, 4.69) is 5.32 Å². The average Bonchev–Trinajstić information content (AvgIpc) is 2.03. The van der Waals surface area contributed by atoms with Gasteiger partial charge < -0.3 is 11.1 Å². The molecule has 0 aromatic heterocycles. The Bertz CT molecular complexity index is 181. The summed E-state index contributed by atoms with van der Waals surface area (Å²) in [5, 5.41) is 3.53. The molecule has 2 aliphatic rings. The molecule has 2 bridgehead atoms. The zero-order valence-corrected chi connectivity index (χ0v) is 7.25. The molecule has 0 radical (unpaired) electrons. The smallest absolute Gasteiger partial charge is 0.220 e. The van der Waals surface area contributed by atoms with Crippen molar-refractivity contribution in [1.29, 1.82) is 0 Å². The summed E-state index contributed by atoms with van der Waals surface area (Å²) in [4.78, 5) is 11.0. The summed E-state index contributed by atoms with van der Waals surface area (Å²) in [6.07, 6.45) is 5.69. The zero-order valence-electron chi connectivity index (χ0n) is 7.25. The van der Waals surface area contributed by atoms with E-state index >= 15 is 0 Å². The van der Waals surface area contributed by atoms with Crippen molar-refractivity contribution in [2.75, 3.05) is 0 Å². The van der Waals surface area contributed by atoms with Crippen LogP contribution in [0.1, 0.15) is 32.1 Å². The van der Waals surface area contributed by atoms with Gasteiger partial charge in [-0.3, -0.25) is 4.79 Å². The summed E-state index contributed by atoms with van der Waals surface area (Å²) in [6.45, 7) is 0. The number of carbonyl (C=O) groups excluding carboxylic acids is 1. The van der Waals surface area contributed by atoms with Crippen LogP contribution in [0, 0.1) is 5.92 Å². The van der Waals surface area contributed by atoms with Crippen LogP contribution < -0.4 is 11.1 Å². The quantitative estimate of drug-likeness (QED) is 0.595. The number of rotatable bonds is 1. The maximum Gasteiger partial charge on any atom is 0.220 e. The molecule has 2 saturated heterocycles. The predicted molar refractivity (Wildman–Crippen MR) is 46.5 cm³/mol. The van der Waals surface area contributed by atoms with Crippen LogP contribution in [-0.4, -0.2) is 18.0 Å². The molecule has 68 valence electrons. The van der Waals surface area contributed by atoms with Crippen LogP contribution in [0.5, 0.6) is 0 Å². The van der Waals surface area contributed by atoms with Crippen molar-refractivity contribution in [1.82, 2.24) is 5.32 Å². The van der Waals surface area contributed by atoms with Crippen LogP contribution in [0.15, 0.2) is 0 Å². The normalized spacial score (nSPS) is 40.8. The van der Waals surface area contributed by atoms with Crippen LogP contribution in [-0.2, 0) is 4.79 Å². The molecule has 0 saturated carbocycles. The Hall–Kier alpha value is -0.570. The van der Waals surface area contributed by atoms with E-state index in [4.69, 9.17) is 5.73 Å². The predicted octanol–water partition coefficient (Wildman–Crippen LogP) is 0.392. The van der Waals surface area contributed by atoms with E-state index < -0.39 is 0 Å². The first kappa shape index (κ1) is 8.05. The van der Waals surface area contributed by atoms with E-state index in [1.807, 2.05) is 0 Å². The lowest BCUT2D eigenvalue weighted by Gasteiger charge is -2.39. The van der Waals surface area contributed by atoms with Crippen LogP contribution >= 0.6 is 0 Å². The highest BCUT2D eigenvalue weighted by molar-refractivity contribution is 5.76. The summed E-state index contributed by atoms with van der Waals surface area (Å²) >= 11 is 0.